The Morgan fingerprint density at radius 2 is 1.85 bits per heavy atom. The molecule has 0 amide bonds. The van der Waals surface area contributed by atoms with E-state index in [1.54, 1.807) is 6.26 Å². The van der Waals surface area contributed by atoms with Crippen LogP contribution in [0.5, 0.6) is 0 Å². The highest BCUT2D eigenvalue weighted by Gasteiger charge is 2.07. The molecule has 2 aromatic rings. The first-order chi connectivity index (χ1) is 9.74. The van der Waals surface area contributed by atoms with E-state index in [1.165, 1.54) is 11.1 Å². The van der Waals surface area contributed by atoms with E-state index in [0.29, 0.717) is 12.5 Å². The summed E-state index contributed by atoms with van der Waals surface area (Å²) in [6.07, 6.45) is 3.55. The first kappa shape index (κ1) is 14.2. The molecule has 0 aliphatic carbocycles. The molecule has 106 valence electrons. The van der Waals surface area contributed by atoms with Crippen molar-refractivity contribution in [1.82, 2.24) is 0 Å². The highest BCUT2D eigenvalue weighted by molar-refractivity contribution is 5.93. The number of para-hydroxylation sites is 1. The lowest BCUT2D eigenvalue weighted by Crippen LogP contribution is -2.24. The van der Waals surface area contributed by atoms with Gasteiger partial charge in [-0.3, -0.25) is 0 Å². The van der Waals surface area contributed by atoms with Crippen LogP contribution in [0.2, 0.25) is 0 Å². The van der Waals surface area contributed by atoms with Gasteiger partial charge in [0, 0.05) is 5.69 Å². The Balaban J connectivity index is 2.14. The number of hydrogen-bond acceptors (Lipinski definition) is 2. The van der Waals surface area contributed by atoms with Crippen LogP contribution in [0.25, 0.3) is 0 Å². The second-order valence-corrected chi connectivity index (χ2v) is 4.56. The molecule has 2 rings (SSSR count). The SMILES string of the molecule is CCc1cccc(CC)c1NC(N)=NCc1ccco1. The molecule has 0 unspecified atom stereocenters. The van der Waals surface area contributed by atoms with Crippen LogP contribution in [-0.4, -0.2) is 5.96 Å². The maximum atomic E-state index is 5.97. The lowest BCUT2D eigenvalue weighted by atomic mass is 10.0. The van der Waals surface area contributed by atoms with Gasteiger partial charge in [0.25, 0.3) is 0 Å². The number of nitrogens with two attached hydrogens (primary N) is 1. The van der Waals surface area contributed by atoms with Crippen LogP contribution >= 0.6 is 0 Å². The maximum absolute atomic E-state index is 5.97. The lowest BCUT2D eigenvalue weighted by Gasteiger charge is -2.14. The number of aryl methyl sites for hydroxylation is 2. The highest BCUT2D eigenvalue weighted by Crippen LogP contribution is 2.22. The first-order valence-corrected chi connectivity index (χ1v) is 6.94. The molecule has 1 aromatic heterocycles. The summed E-state index contributed by atoms with van der Waals surface area (Å²) in [6.45, 7) is 4.72. The molecule has 3 N–H and O–H groups in total. The third-order valence-electron chi connectivity index (χ3n) is 3.24. The fourth-order valence-corrected chi connectivity index (χ4v) is 2.14. The van der Waals surface area contributed by atoms with E-state index in [9.17, 15) is 0 Å². The Morgan fingerprint density at radius 3 is 2.40 bits per heavy atom. The summed E-state index contributed by atoms with van der Waals surface area (Å²) in [5.41, 5.74) is 9.55. The van der Waals surface area contributed by atoms with Crippen molar-refractivity contribution >= 4 is 11.6 Å². The minimum Gasteiger partial charge on any atom is -0.467 e. The van der Waals surface area contributed by atoms with Crippen molar-refractivity contribution in [2.75, 3.05) is 5.32 Å². The van der Waals surface area contributed by atoms with Crippen molar-refractivity contribution < 1.29 is 4.42 Å². The molecule has 0 atom stereocenters. The summed E-state index contributed by atoms with van der Waals surface area (Å²) in [5.74, 6) is 1.21. The van der Waals surface area contributed by atoms with Crippen molar-refractivity contribution in [3.63, 3.8) is 0 Å². The number of nitrogens with zero attached hydrogens (tertiary/aromatic N) is 1. The number of rotatable bonds is 5. The summed E-state index contributed by atoms with van der Waals surface area (Å²) < 4.78 is 5.23. The van der Waals surface area contributed by atoms with Crippen LogP contribution in [0, 0.1) is 0 Å². The smallest absolute Gasteiger partial charge is 0.193 e. The van der Waals surface area contributed by atoms with Gasteiger partial charge < -0.3 is 15.5 Å². The van der Waals surface area contributed by atoms with Crippen molar-refractivity contribution in [2.45, 2.75) is 33.2 Å². The third kappa shape index (κ3) is 3.41. The number of benzene rings is 1. The van der Waals surface area contributed by atoms with E-state index in [1.807, 2.05) is 12.1 Å². The minimum absolute atomic E-state index is 0.414. The third-order valence-corrected chi connectivity index (χ3v) is 3.24. The van der Waals surface area contributed by atoms with Crippen LogP contribution < -0.4 is 11.1 Å². The van der Waals surface area contributed by atoms with Gasteiger partial charge in [0.15, 0.2) is 5.96 Å². The Hall–Kier alpha value is -2.23. The van der Waals surface area contributed by atoms with Gasteiger partial charge in [0.2, 0.25) is 0 Å². The van der Waals surface area contributed by atoms with Gasteiger partial charge in [-0.2, -0.15) is 0 Å². The second-order valence-electron chi connectivity index (χ2n) is 4.56. The molecular formula is C16H21N3O. The van der Waals surface area contributed by atoms with Crippen LogP contribution in [0.4, 0.5) is 5.69 Å². The molecule has 0 spiro atoms. The fourth-order valence-electron chi connectivity index (χ4n) is 2.14. The van der Waals surface area contributed by atoms with Crippen molar-refractivity contribution in [1.29, 1.82) is 0 Å². The topological polar surface area (TPSA) is 63.5 Å². The van der Waals surface area contributed by atoms with Crippen molar-refractivity contribution in [3.8, 4) is 0 Å². The van der Waals surface area contributed by atoms with Gasteiger partial charge in [-0.05, 0) is 36.1 Å². The van der Waals surface area contributed by atoms with Gasteiger partial charge in [-0.1, -0.05) is 32.0 Å². The molecule has 0 saturated carbocycles. The van der Waals surface area contributed by atoms with Crippen LogP contribution in [0.15, 0.2) is 46.0 Å². The first-order valence-electron chi connectivity index (χ1n) is 6.94. The monoisotopic (exact) mass is 271 g/mol. The molecule has 0 fully saturated rings. The second kappa shape index (κ2) is 6.80. The zero-order valence-electron chi connectivity index (χ0n) is 12.0. The molecule has 0 aliphatic heterocycles. The van der Waals surface area contributed by atoms with E-state index in [4.69, 9.17) is 10.2 Å². The zero-order chi connectivity index (χ0) is 14.4. The quantitative estimate of drug-likeness (QED) is 0.647. The van der Waals surface area contributed by atoms with Crippen LogP contribution in [0.1, 0.15) is 30.7 Å². The summed E-state index contributed by atoms with van der Waals surface area (Å²) in [6, 6.07) is 10.0. The average molecular weight is 271 g/mol. The van der Waals surface area contributed by atoms with Gasteiger partial charge in [-0.25, -0.2) is 4.99 Å². The summed E-state index contributed by atoms with van der Waals surface area (Å²) in [5, 5.41) is 3.23. The molecule has 4 heteroatoms. The van der Waals surface area contributed by atoms with Crippen molar-refractivity contribution in [2.24, 2.45) is 10.7 Å². The molecule has 0 saturated heterocycles. The molecule has 1 aromatic carbocycles. The van der Waals surface area contributed by atoms with Crippen molar-refractivity contribution in [3.05, 3.63) is 53.5 Å². The number of anilines is 1. The lowest BCUT2D eigenvalue weighted by molar-refractivity contribution is 0.513. The Labute approximate surface area is 119 Å². The molecule has 1 heterocycles. The summed E-state index contributed by atoms with van der Waals surface area (Å²) in [4.78, 5) is 4.30. The number of hydrogen-bond donors (Lipinski definition) is 2. The van der Waals surface area contributed by atoms with Gasteiger partial charge in [0.1, 0.15) is 12.3 Å². The normalized spacial score (nSPS) is 11.6. The van der Waals surface area contributed by atoms with Crippen LogP contribution in [0.3, 0.4) is 0 Å². The summed E-state index contributed by atoms with van der Waals surface area (Å²) in [7, 11) is 0. The summed E-state index contributed by atoms with van der Waals surface area (Å²) >= 11 is 0. The number of furan rings is 1. The average Bonchev–Trinajstić information content (AvgIpc) is 2.98. The fraction of sp³-hybridized carbons (Fsp3) is 0.312. The number of nitrogens with one attached hydrogen (secondary N) is 1. The Kier molecular flexibility index (Phi) is 4.82. The van der Waals surface area contributed by atoms with E-state index in [2.05, 4.69) is 42.4 Å². The molecule has 0 radical (unpaired) electrons. The predicted octanol–water partition coefficient (Wildman–Crippen LogP) is 3.33. The molecular weight excluding hydrogens is 250 g/mol. The molecule has 4 nitrogen and oxygen atoms in total. The Bertz CT molecular complexity index is 551. The largest absolute Gasteiger partial charge is 0.467 e. The number of guanidine groups is 1. The van der Waals surface area contributed by atoms with E-state index >= 15 is 0 Å². The predicted molar refractivity (Wildman–Crippen MR) is 82.9 cm³/mol. The zero-order valence-corrected chi connectivity index (χ0v) is 12.0. The van der Waals surface area contributed by atoms with E-state index in [-0.39, 0.29) is 0 Å². The van der Waals surface area contributed by atoms with E-state index < -0.39 is 0 Å². The Morgan fingerprint density at radius 1 is 1.15 bits per heavy atom. The minimum atomic E-state index is 0.414. The van der Waals surface area contributed by atoms with E-state index in [0.717, 1.165) is 24.3 Å². The van der Waals surface area contributed by atoms with Gasteiger partial charge >= 0.3 is 0 Å². The number of aliphatic imine (C=N–C) groups is 1. The molecule has 0 aliphatic rings. The van der Waals surface area contributed by atoms with Crippen LogP contribution in [-0.2, 0) is 19.4 Å². The van der Waals surface area contributed by atoms with Gasteiger partial charge in [-0.15, -0.1) is 0 Å². The maximum Gasteiger partial charge on any atom is 0.193 e. The standard InChI is InChI=1S/C16H21N3O/c1-3-12-7-5-8-13(4-2)15(12)19-16(17)18-11-14-9-6-10-20-14/h5-10H,3-4,11H2,1-2H3,(H3,17,18,19). The molecule has 0 bridgehead atoms. The molecule has 20 heavy (non-hydrogen) atoms. The highest BCUT2D eigenvalue weighted by atomic mass is 16.3. The van der Waals surface area contributed by atoms with Gasteiger partial charge in [0.05, 0.1) is 6.26 Å².